The summed E-state index contributed by atoms with van der Waals surface area (Å²) >= 11 is 0. The van der Waals surface area contributed by atoms with Gasteiger partial charge in [0.25, 0.3) is 5.91 Å². The van der Waals surface area contributed by atoms with Gasteiger partial charge in [-0.25, -0.2) is 0 Å². The van der Waals surface area contributed by atoms with Gasteiger partial charge in [-0.15, -0.1) is 0 Å². The summed E-state index contributed by atoms with van der Waals surface area (Å²) in [6.07, 6.45) is 4.21. The van der Waals surface area contributed by atoms with Crippen molar-refractivity contribution in [2.75, 3.05) is 27.2 Å². The Morgan fingerprint density at radius 2 is 2.23 bits per heavy atom. The summed E-state index contributed by atoms with van der Waals surface area (Å²) in [7, 11) is 4.04. The molecule has 1 amide bonds. The quantitative estimate of drug-likeness (QED) is 0.874. The maximum atomic E-state index is 12.7. The molecule has 1 atom stereocenters. The molecule has 3 rings (SSSR count). The van der Waals surface area contributed by atoms with Crippen LogP contribution in [0.5, 0.6) is 0 Å². The lowest BCUT2D eigenvalue weighted by Gasteiger charge is -2.26. The molecule has 0 saturated carbocycles. The van der Waals surface area contributed by atoms with Gasteiger partial charge >= 0.3 is 0 Å². The van der Waals surface area contributed by atoms with Gasteiger partial charge in [-0.1, -0.05) is 0 Å². The lowest BCUT2D eigenvalue weighted by atomic mass is 10.1. The SMILES string of the molecule is Cc1ccnc2ccc(C(=O)N(C)CC3CCCN3C)cc12. The van der Waals surface area contributed by atoms with E-state index in [9.17, 15) is 4.79 Å². The molecule has 0 spiro atoms. The number of benzene rings is 1. The van der Waals surface area contributed by atoms with Crippen LogP contribution in [0.1, 0.15) is 28.8 Å². The van der Waals surface area contributed by atoms with Crippen LogP contribution in [0, 0.1) is 6.92 Å². The van der Waals surface area contributed by atoms with Crippen molar-refractivity contribution in [3.63, 3.8) is 0 Å². The number of fused-ring (bicyclic) bond motifs is 1. The minimum atomic E-state index is 0.0884. The van der Waals surface area contributed by atoms with Crippen LogP contribution < -0.4 is 0 Å². The number of aryl methyl sites for hydroxylation is 1. The van der Waals surface area contributed by atoms with E-state index in [1.54, 1.807) is 6.20 Å². The summed E-state index contributed by atoms with van der Waals surface area (Å²) < 4.78 is 0. The monoisotopic (exact) mass is 297 g/mol. The molecule has 2 aromatic rings. The molecule has 1 aliphatic heterocycles. The van der Waals surface area contributed by atoms with Gasteiger partial charge in [0.05, 0.1) is 5.52 Å². The van der Waals surface area contributed by atoms with Crippen LogP contribution in [-0.2, 0) is 0 Å². The van der Waals surface area contributed by atoms with Gasteiger partial charge in [-0.05, 0) is 63.2 Å². The second-order valence-corrected chi connectivity index (χ2v) is 6.32. The number of carbonyl (C=O) groups excluding carboxylic acids is 1. The third-order valence-corrected chi connectivity index (χ3v) is 4.71. The summed E-state index contributed by atoms with van der Waals surface area (Å²) in [6, 6.07) is 8.25. The van der Waals surface area contributed by atoms with Crippen molar-refractivity contribution in [3.05, 3.63) is 41.6 Å². The van der Waals surface area contributed by atoms with E-state index >= 15 is 0 Å². The molecule has 1 fully saturated rings. The fourth-order valence-electron chi connectivity index (χ4n) is 3.25. The van der Waals surface area contributed by atoms with E-state index in [4.69, 9.17) is 0 Å². The first-order valence-electron chi connectivity index (χ1n) is 7.87. The van der Waals surface area contributed by atoms with Gasteiger partial charge in [0.2, 0.25) is 0 Å². The van der Waals surface area contributed by atoms with Crippen molar-refractivity contribution in [1.82, 2.24) is 14.8 Å². The molecule has 1 aromatic carbocycles. The first kappa shape index (κ1) is 15.0. The second kappa shape index (κ2) is 6.05. The number of carbonyl (C=O) groups is 1. The molecule has 2 heterocycles. The number of likely N-dealkylation sites (tertiary alicyclic amines) is 1. The number of aromatic nitrogens is 1. The van der Waals surface area contributed by atoms with Crippen LogP contribution in [0.15, 0.2) is 30.5 Å². The Morgan fingerprint density at radius 1 is 1.41 bits per heavy atom. The van der Waals surface area contributed by atoms with Crippen LogP contribution in [0.2, 0.25) is 0 Å². The van der Waals surface area contributed by atoms with Gasteiger partial charge < -0.3 is 9.80 Å². The fraction of sp³-hybridized carbons (Fsp3) is 0.444. The first-order valence-corrected chi connectivity index (χ1v) is 7.87. The maximum Gasteiger partial charge on any atom is 0.253 e. The predicted octanol–water partition coefficient (Wildman–Crippen LogP) is 2.71. The summed E-state index contributed by atoms with van der Waals surface area (Å²) in [5.74, 6) is 0.0884. The topological polar surface area (TPSA) is 36.4 Å². The molecule has 116 valence electrons. The Bertz CT molecular complexity index is 698. The Kier molecular flexibility index (Phi) is 4.12. The Balaban J connectivity index is 1.80. The Hall–Kier alpha value is -1.94. The highest BCUT2D eigenvalue weighted by Gasteiger charge is 2.24. The highest BCUT2D eigenvalue weighted by Crippen LogP contribution is 2.20. The number of amides is 1. The van der Waals surface area contributed by atoms with E-state index < -0.39 is 0 Å². The van der Waals surface area contributed by atoms with Crippen molar-refractivity contribution in [2.45, 2.75) is 25.8 Å². The molecule has 1 saturated heterocycles. The highest BCUT2D eigenvalue weighted by molar-refractivity contribution is 5.98. The van der Waals surface area contributed by atoms with E-state index in [0.717, 1.165) is 35.1 Å². The zero-order valence-electron chi connectivity index (χ0n) is 13.5. The standard InChI is InChI=1S/C18H23N3O/c1-13-8-9-19-17-7-6-14(11-16(13)17)18(22)21(3)12-15-5-4-10-20(15)2/h6-9,11,15H,4-5,10,12H2,1-3H3. The van der Waals surface area contributed by atoms with E-state index in [2.05, 4.69) is 23.9 Å². The molecule has 0 aliphatic carbocycles. The molecule has 22 heavy (non-hydrogen) atoms. The lowest BCUT2D eigenvalue weighted by molar-refractivity contribution is 0.0761. The molecule has 1 unspecified atom stereocenters. The smallest absolute Gasteiger partial charge is 0.253 e. The van der Waals surface area contributed by atoms with Gasteiger partial charge in [0, 0.05) is 36.8 Å². The van der Waals surface area contributed by atoms with Gasteiger partial charge in [0.1, 0.15) is 0 Å². The number of hydrogen-bond donors (Lipinski definition) is 0. The number of rotatable bonds is 3. The van der Waals surface area contributed by atoms with Crippen molar-refractivity contribution < 1.29 is 4.79 Å². The molecule has 4 heteroatoms. The highest BCUT2D eigenvalue weighted by atomic mass is 16.2. The van der Waals surface area contributed by atoms with E-state index in [1.807, 2.05) is 36.2 Å². The predicted molar refractivity (Wildman–Crippen MR) is 89.1 cm³/mol. The summed E-state index contributed by atoms with van der Waals surface area (Å²) in [5, 5.41) is 1.06. The average Bonchev–Trinajstić information content (AvgIpc) is 2.92. The zero-order valence-corrected chi connectivity index (χ0v) is 13.5. The third-order valence-electron chi connectivity index (χ3n) is 4.71. The lowest BCUT2D eigenvalue weighted by Crippen LogP contribution is -2.39. The summed E-state index contributed by atoms with van der Waals surface area (Å²) in [4.78, 5) is 21.2. The van der Waals surface area contributed by atoms with Crippen LogP contribution in [-0.4, -0.2) is 53.9 Å². The minimum absolute atomic E-state index is 0.0884. The Labute approximate surface area is 131 Å². The number of likely N-dealkylation sites (N-methyl/N-ethyl adjacent to an activating group) is 2. The molecule has 0 bridgehead atoms. The van der Waals surface area contributed by atoms with Gasteiger partial charge in [-0.3, -0.25) is 9.78 Å². The zero-order chi connectivity index (χ0) is 15.7. The average molecular weight is 297 g/mol. The first-order chi connectivity index (χ1) is 10.6. The van der Waals surface area contributed by atoms with Gasteiger partial charge in [0.15, 0.2) is 0 Å². The molecule has 0 N–H and O–H groups in total. The normalized spacial score (nSPS) is 18.8. The van der Waals surface area contributed by atoms with Crippen molar-refractivity contribution in [2.24, 2.45) is 0 Å². The molecule has 1 aromatic heterocycles. The summed E-state index contributed by atoms with van der Waals surface area (Å²) in [6.45, 7) is 3.97. The molecular formula is C18H23N3O. The van der Waals surface area contributed by atoms with Crippen LogP contribution in [0.4, 0.5) is 0 Å². The van der Waals surface area contributed by atoms with Gasteiger partial charge in [-0.2, -0.15) is 0 Å². The van der Waals surface area contributed by atoms with E-state index in [-0.39, 0.29) is 5.91 Å². The van der Waals surface area contributed by atoms with E-state index in [1.165, 1.54) is 12.8 Å². The maximum absolute atomic E-state index is 12.7. The third kappa shape index (κ3) is 2.83. The van der Waals surface area contributed by atoms with Crippen molar-refractivity contribution >= 4 is 16.8 Å². The number of hydrogen-bond acceptors (Lipinski definition) is 3. The summed E-state index contributed by atoms with van der Waals surface area (Å²) in [5.41, 5.74) is 2.83. The minimum Gasteiger partial charge on any atom is -0.340 e. The Morgan fingerprint density at radius 3 is 2.95 bits per heavy atom. The largest absolute Gasteiger partial charge is 0.340 e. The van der Waals surface area contributed by atoms with Crippen LogP contribution in [0.3, 0.4) is 0 Å². The van der Waals surface area contributed by atoms with Crippen LogP contribution >= 0.6 is 0 Å². The molecule has 4 nitrogen and oxygen atoms in total. The molecular weight excluding hydrogens is 274 g/mol. The van der Waals surface area contributed by atoms with E-state index in [0.29, 0.717) is 6.04 Å². The molecule has 0 radical (unpaired) electrons. The van der Waals surface area contributed by atoms with Crippen molar-refractivity contribution in [1.29, 1.82) is 0 Å². The van der Waals surface area contributed by atoms with Crippen LogP contribution in [0.25, 0.3) is 10.9 Å². The fourth-order valence-corrected chi connectivity index (χ4v) is 3.25. The molecule has 1 aliphatic rings. The number of nitrogens with zero attached hydrogens (tertiary/aromatic N) is 3. The van der Waals surface area contributed by atoms with Crippen molar-refractivity contribution in [3.8, 4) is 0 Å². The second-order valence-electron chi connectivity index (χ2n) is 6.32. The number of pyridine rings is 1.